The van der Waals surface area contributed by atoms with E-state index >= 15 is 0 Å². The first-order valence-electron chi connectivity index (χ1n) is 5.80. The predicted molar refractivity (Wildman–Crippen MR) is 66.9 cm³/mol. The van der Waals surface area contributed by atoms with Gasteiger partial charge in [-0.3, -0.25) is 0 Å². The highest BCUT2D eigenvalue weighted by Crippen LogP contribution is 2.33. The molecule has 0 bridgehead atoms. The lowest BCUT2D eigenvalue weighted by atomic mass is 10.1. The fourth-order valence-electron chi connectivity index (χ4n) is 1.76. The van der Waals surface area contributed by atoms with Gasteiger partial charge in [-0.25, -0.2) is 0 Å². The molecule has 1 heterocycles. The maximum Gasteiger partial charge on any atom is 0.417 e. The third-order valence-corrected chi connectivity index (χ3v) is 2.71. The number of halogens is 3. The fraction of sp³-hybridized carbons (Fsp3) is 0.214. The zero-order chi connectivity index (χ0) is 14.8. The van der Waals surface area contributed by atoms with Crippen LogP contribution in [0.15, 0.2) is 34.7 Å². The molecule has 20 heavy (non-hydrogen) atoms. The highest BCUT2D eigenvalue weighted by molar-refractivity contribution is 5.53. The van der Waals surface area contributed by atoms with Gasteiger partial charge in [0.1, 0.15) is 11.5 Å². The van der Waals surface area contributed by atoms with E-state index in [-0.39, 0.29) is 12.2 Å². The summed E-state index contributed by atoms with van der Waals surface area (Å²) in [5, 5.41) is 11.5. The van der Waals surface area contributed by atoms with Gasteiger partial charge in [0, 0.05) is 5.69 Å². The Morgan fingerprint density at radius 1 is 1.25 bits per heavy atom. The van der Waals surface area contributed by atoms with Crippen LogP contribution in [0.5, 0.6) is 0 Å². The van der Waals surface area contributed by atoms with Crippen LogP contribution in [-0.2, 0) is 12.7 Å². The van der Waals surface area contributed by atoms with E-state index in [4.69, 9.17) is 9.68 Å². The van der Waals surface area contributed by atoms with E-state index < -0.39 is 17.3 Å². The van der Waals surface area contributed by atoms with Gasteiger partial charge in [-0.05, 0) is 37.3 Å². The largest absolute Gasteiger partial charge is 0.465 e. The molecule has 0 unspecified atom stereocenters. The summed E-state index contributed by atoms with van der Waals surface area (Å²) in [6.45, 7) is 2.06. The summed E-state index contributed by atoms with van der Waals surface area (Å²) in [6.07, 6.45) is -4.55. The first-order valence-corrected chi connectivity index (χ1v) is 5.80. The van der Waals surface area contributed by atoms with E-state index in [2.05, 4.69) is 5.32 Å². The molecule has 1 aromatic carbocycles. The zero-order valence-corrected chi connectivity index (χ0v) is 10.6. The molecule has 0 saturated carbocycles. The van der Waals surface area contributed by atoms with Crippen molar-refractivity contribution in [3.8, 4) is 6.07 Å². The minimum atomic E-state index is -4.55. The Morgan fingerprint density at radius 3 is 2.55 bits per heavy atom. The molecule has 0 radical (unpaired) electrons. The molecule has 0 aliphatic heterocycles. The predicted octanol–water partition coefficient (Wildman–Crippen LogP) is 4.09. The minimum Gasteiger partial charge on any atom is -0.465 e. The number of rotatable bonds is 3. The van der Waals surface area contributed by atoms with Crippen molar-refractivity contribution in [3.05, 3.63) is 53.0 Å². The van der Waals surface area contributed by atoms with Crippen LogP contribution >= 0.6 is 0 Å². The topological polar surface area (TPSA) is 49.0 Å². The Labute approximate surface area is 113 Å². The van der Waals surface area contributed by atoms with Crippen LogP contribution < -0.4 is 5.32 Å². The SMILES string of the molecule is Cc1ccc(CNc2ccc(C#N)c(C(F)(F)F)c2)o1. The first kappa shape index (κ1) is 14.0. The lowest BCUT2D eigenvalue weighted by Crippen LogP contribution is -2.09. The number of furan rings is 1. The number of hydrogen-bond acceptors (Lipinski definition) is 3. The molecule has 0 aliphatic carbocycles. The first-order chi connectivity index (χ1) is 9.40. The van der Waals surface area contributed by atoms with E-state index in [1.807, 2.05) is 0 Å². The van der Waals surface area contributed by atoms with Gasteiger partial charge in [0.05, 0.1) is 23.7 Å². The molecule has 0 saturated heterocycles. The molecule has 104 valence electrons. The van der Waals surface area contributed by atoms with Gasteiger partial charge >= 0.3 is 6.18 Å². The van der Waals surface area contributed by atoms with Gasteiger partial charge in [-0.1, -0.05) is 0 Å². The molecule has 0 atom stereocenters. The number of benzene rings is 1. The van der Waals surface area contributed by atoms with Crippen LogP contribution in [0, 0.1) is 18.3 Å². The number of nitrogens with one attached hydrogen (secondary N) is 1. The summed E-state index contributed by atoms with van der Waals surface area (Å²) in [6, 6.07) is 8.57. The van der Waals surface area contributed by atoms with E-state index in [0.717, 1.165) is 17.9 Å². The maximum atomic E-state index is 12.8. The number of hydrogen-bond donors (Lipinski definition) is 1. The van der Waals surface area contributed by atoms with Crippen LogP contribution in [0.25, 0.3) is 0 Å². The number of nitrogens with zero attached hydrogens (tertiary/aromatic N) is 1. The molecular formula is C14H11F3N2O. The summed E-state index contributed by atoms with van der Waals surface area (Å²) in [7, 11) is 0. The van der Waals surface area contributed by atoms with Crippen molar-refractivity contribution in [1.29, 1.82) is 5.26 Å². The monoisotopic (exact) mass is 280 g/mol. The van der Waals surface area contributed by atoms with E-state index in [9.17, 15) is 13.2 Å². The Morgan fingerprint density at radius 2 is 2.00 bits per heavy atom. The molecule has 2 rings (SSSR count). The quantitative estimate of drug-likeness (QED) is 0.921. The highest BCUT2D eigenvalue weighted by Gasteiger charge is 2.33. The normalized spacial score (nSPS) is 11.2. The standard InChI is InChI=1S/C14H11F3N2O/c1-9-2-5-12(20-9)8-19-11-4-3-10(7-18)13(6-11)14(15,16)17/h2-6,19H,8H2,1H3. The lowest BCUT2D eigenvalue weighted by Gasteiger charge is -2.11. The minimum absolute atomic E-state index is 0.275. The van der Waals surface area contributed by atoms with Gasteiger partial charge < -0.3 is 9.73 Å². The van der Waals surface area contributed by atoms with Crippen molar-refractivity contribution in [1.82, 2.24) is 0 Å². The average Bonchev–Trinajstić information content (AvgIpc) is 2.81. The molecule has 0 aliphatic rings. The summed E-state index contributed by atoms with van der Waals surface area (Å²) in [4.78, 5) is 0. The third-order valence-electron chi connectivity index (χ3n) is 2.71. The Bertz CT molecular complexity index is 653. The van der Waals surface area contributed by atoms with E-state index in [1.54, 1.807) is 25.1 Å². The second kappa shape index (κ2) is 5.29. The highest BCUT2D eigenvalue weighted by atomic mass is 19.4. The number of aryl methyl sites for hydroxylation is 1. The summed E-state index contributed by atoms with van der Waals surface area (Å²) in [5.41, 5.74) is -1.05. The van der Waals surface area contributed by atoms with Crippen LogP contribution in [-0.4, -0.2) is 0 Å². The van der Waals surface area contributed by atoms with Crippen molar-refractivity contribution >= 4 is 5.69 Å². The Balaban J connectivity index is 2.19. The van der Waals surface area contributed by atoms with Crippen LogP contribution in [0.1, 0.15) is 22.6 Å². The van der Waals surface area contributed by atoms with Crippen molar-refractivity contribution in [2.24, 2.45) is 0 Å². The summed E-state index contributed by atoms with van der Waals surface area (Å²) >= 11 is 0. The number of anilines is 1. The van der Waals surface area contributed by atoms with E-state index in [0.29, 0.717) is 5.76 Å². The molecular weight excluding hydrogens is 269 g/mol. The smallest absolute Gasteiger partial charge is 0.417 e. The molecule has 6 heteroatoms. The van der Waals surface area contributed by atoms with Crippen LogP contribution in [0.4, 0.5) is 18.9 Å². The molecule has 3 nitrogen and oxygen atoms in total. The van der Waals surface area contributed by atoms with Crippen molar-refractivity contribution in [2.75, 3.05) is 5.32 Å². The number of nitriles is 1. The number of alkyl halides is 3. The van der Waals surface area contributed by atoms with Gasteiger partial charge in [0.2, 0.25) is 0 Å². The van der Waals surface area contributed by atoms with Gasteiger partial charge in [0.25, 0.3) is 0 Å². The summed E-state index contributed by atoms with van der Waals surface area (Å²) < 4.78 is 43.7. The molecule has 1 aromatic heterocycles. The van der Waals surface area contributed by atoms with Gasteiger partial charge in [-0.15, -0.1) is 0 Å². The molecule has 0 fully saturated rings. The molecule has 0 amide bonds. The van der Waals surface area contributed by atoms with Gasteiger partial charge in [0.15, 0.2) is 0 Å². The second-order valence-electron chi connectivity index (χ2n) is 4.24. The van der Waals surface area contributed by atoms with Crippen LogP contribution in [0.2, 0.25) is 0 Å². The Hall–Kier alpha value is -2.42. The van der Waals surface area contributed by atoms with E-state index in [1.165, 1.54) is 6.07 Å². The molecule has 2 aromatic rings. The van der Waals surface area contributed by atoms with Crippen LogP contribution in [0.3, 0.4) is 0 Å². The average molecular weight is 280 g/mol. The van der Waals surface area contributed by atoms with Crippen molar-refractivity contribution in [3.63, 3.8) is 0 Å². The third kappa shape index (κ3) is 3.12. The summed E-state index contributed by atoms with van der Waals surface area (Å²) in [5.74, 6) is 1.36. The fourth-order valence-corrected chi connectivity index (χ4v) is 1.76. The van der Waals surface area contributed by atoms with Gasteiger partial charge in [-0.2, -0.15) is 18.4 Å². The zero-order valence-electron chi connectivity index (χ0n) is 10.6. The van der Waals surface area contributed by atoms with Crippen molar-refractivity contribution < 1.29 is 17.6 Å². The maximum absolute atomic E-state index is 12.8. The Kier molecular flexibility index (Phi) is 3.70. The second-order valence-corrected chi connectivity index (χ2v) is 4.24. The van der Waals surface area contributed by atoms with Crippen molar-refractivity contribution in [2.45, 2.75) is 19.6 Å². The lowest BCUT2D eigenvalue weighted by molar-refractivity contribution is -0.137. The molecule has 1 N–H and O–H groups in total. The molecule has 0 spiro atoms.